The molecule has 2 aromatic carbocycles. The Balaban J connectivity index is 3.17. The van der Waals surface area contributed by atoms with Gasteiger partial charge >= 0.3 is 11.9 Å². The Hall–Kier alpha value is -2.65. The van der Waals surface area contributed by atoms with Crippen molar-refractivity contribution in [3.63, 3.8) is 0 Å². The Bertz CT molecular complexity index is 866. The number of carboxylic acids is 2. The van der Waals surface area contributed by atoms with Gasteiger partial charge in [-0.2, -0.15) is 8.42 Å². The number of aromatic carboxylic acids is 2. The van der Waals surface area contributed by atoms with Crippen LogP contribution in [0.5, 0.6) is 0 Å². The number of rotatable bonds is 3. The molecule has 0 aliphatic heterocycles. The summed E-state index contributed by atoms with van der Waals surface area (Å²) in [6.45, 7) is 0. The van der Waals surface area contributed by atoms with Gasteiger partial charge in [-0.25, -0.2) is 9.59 Å². The van der Waals surface area contributed by atoms with E-state index in [-0.39, 0.29) is 16.5 Å². The van der Waals surface area contributed by atoms with Crippen LogP contribution in [0.1, 0.15) is 20.7 Å². The lowest BCUT2D eigenvalue weighted by molar-refractivity contribution is 0.0695. The summed E-state index contributed by atoms with van der Waals surface area (Å²) >= 11 is 0. The van der Waals surface area contributed by atoms with E-state index in [1.807, 2.05) is 0 Å². The van der Waals surface area contributed by atoms with Crippen molar-refractivity contribution >= 4 is 38.5 Å². The molecule has 2 aromatic rings. The van der Waals surface area contributed by atoms with Gasteiger partial charge in [0.2, 0.25) is 0 Å². The third-order valence-corrected chi connectivity index (χ3v) is 3.79. The number of fused-ring (bicyclic) bond motifs is 1. The van der Waals surface area contributed by atoms with Gasteiger partial charge in [0.15, 0.2) is 0 Å². The van der Waals surface area contributed by atoms with Crippen LogP contribution in [0.4, 0.5) is 5.69 Å². The van der Waals surface area contributed by atoms with Gasteiger partial charge < -0.3 is 15.9 Å². The van der Waals surface area contributed by atoms with Crippen LogP contribution in [0.25, 0.3) is 10.8 Å². The zero-order valence-corrected chi connectivity index (χ0v) is 11.1. The van der Waals surface area contributed by atoms with Crippen LogP contribution in [-0.2, 0) is 10.1 Å². The number of hydrogen-bond donors (Lipinski definition) is 4. The Labute approximate surface area is 118 Å². The van der Waals surface area contributed by atoms with Gasteiger partial charge in [-0.05, 0) is 24.3 Å². The van der Waals surface area contributed by atoms with Crippen LogP contribution >= 0.6 is 0 Å². The standard InChI is InChI=1S/C12H9NO7S/c13-7-3-1-5(11(14)15)9-6(12(16)17)2-4-8(10(7)9)21(18,19)20/h1-4H,13H2,(H,14,15)(H,16,17)(H,18,19,20). The molecule has 0 atom stereocenters. The molecular formula is C12H9NO7S. The topological polar surface area (TPSA) is 155 Å². The third-order valence-electron chi connectivity index (χ3n) is 2.89. The maximum Gasteiger partial charge on any atom is 0.336 e. The number of nitrogen functional groups attached to an aromatic ring is 1. The summed E-state index contributed by atoms with van der Waals surface area (Å²) in [7, 11) is -4.70. The highest BCUT2D eigenvalue weighted by Gasteiger charge is 2.24. The second kappa shape index (κ2) is 4.72. The van der Waals surface area contributed by atoms with Crippen molar-refractivity contribution in [1.82, 2.24) is 0 Å². The van der Waals surface area contributed by atoms with Crippen LogP contribution in [-0.4, -0.2) is 35.1 Å². The molecule has 0 saturated heterocycles. The summed E-state index contributed by atoms with van der Waals surface area (Å²) < 4.78 is 31.9. The first-order valence-corrected chi connectivity index (χ1v) is 6.88. The number of nitrogens with two attached hydrogens (primary N) is 1. The van der Waals surface area contributed by atoms with E-state index in [4.69, 9.17) is 15.9 Å². The molecule has 0 bridgehead atoms. The molecule has 8 nitrogen and oxygen atoms in total. The molecule has 0 aliphatic carbocycles. The molecule has 0 radical (unpaired) electrons. The molecule has 0 aromatic heterocycles. The number of benzene rings is 2. The monoisotopic (exact) mass is 311 g/mol. The van der Waals surface area contributed by atoms with Crippen molar-refractivity contribution in [2.24, 2.45) is 0 Å². The van der Waals surface area contributed by atoms with Crippen LogP contribution in [0.2, 0.25) is 0 Å². The van der Waals surface area contributed by atoms with E-state index >= 15 is 0 Å². The second-order valence-electron chi connectivity index (χ2n) is 4.15. The Kier molecular flexibility index (Phi) is 3.32. The maximum absolute atomic E-state index is 11.4. The number of hydrogen-bond acceptors (Lipinski definition) is 5. The second-order valence-corrected chi connectivity index (χ2v) is 5.54. The highest BCUT2D eigenvalue weighted by molar-refractivity contribution is 7.86. The quantitative estimate of drug-likeness (QED) is 0.484. The summed E-state index contributed by atoms with van der Waals surface area (Å²) in [5.74, 6) is -2.90. The zero-order valence-electron chi connectivity index (χ0n) is 10.3. The zero-order chi connectivity index (χ0) is 15.9. The number of carbonyl (C=O) groups is 2. The van der Waals surface area contributed by atoms with Crippen molar-refractivity contribution in [2.45, 2.75) is 4.90 Å². The molecule has 0 amide bonds. The van der Waals surface area contributed by atoms with Crippen molar-refractivity contribution in [3.05, 3.63) is 35.4 Å². The summed E-state index contributed by atoms with van der Waals surface area (Å²) in [6, 6.07) is 3.97. The maximum atomic E-state index is 11.4. The van der Waals surface area contributed by atoms with Gasteiger partial charge in [-0.1, -0.05) is 0 Å². The summed E-state index contributed by atoms with van der Waals surface area (Å²) in [4.78, 5) is 21.8. The highest BCUT2D eigenvalue weighted by atomic mass is 32.2. The largest absolute Gasteiger partial charge is 0.478 e. The normalized spacial score (nSPS) is 11.5. The summed E-state index contributed by atoms with van der Waals surface area (Å²) in [6.07, 6.45) is 0. The van der Waals surface area contributed by atoms with Gasteiger partial charge in [0.25, 0.3) is 10.1 Å². The Morgan fingerprint density at radius 2 is 1.38 bits per heavy atom. The molecule has 2 rings (SSSR count). The predicted octanol–water partition coefficient (Wildman–Crippen LogP) is 1.07. The molecule has 0 fully saturated rings. The van der Waals surface area contributed by atoms with Gasteiger partial charge in [0, 0.05) is 16.5 Å². The lowest BCUT2D eigenvalue weighted by Gasteiger charge is -2.12. The Morgan fingerprint density at radius 3 is 1.81 bits per heavy atom. The first-order valence-electron chi connectivity index (χ1n) is 5.44. The molecule has 0 heterocycles. The molecular weight excluding hydrogens is 302 g/mol. The average Bonchev–Trinajstić information content (AvgIpc) is 2.36. The fourth-order valence-corrected chi connectivity index (χ4v) is 2.78. The third kappa shape index (κ3) is 2.39. The van der Waals surface area contributed by atoms with Crippen LogP contribution in [0.15, 0.2) is 29.2 Å². The molecule has 5 N–H and O–H groups in total. The van der Waals surface area contributed by atoms with Crippen molar-refractivity contribution in [3.8, 4) is 0 Å². The minimum atomic E-state index is -4.70. The highest BCUT2D eigenvalue weighted by Crippen LogP contribution is 2.33. The van der Waals surface area contributed by atoms with E-state index in [9.17, 15) is 22.6 Å². The first kappa shape index (κ1) is 14.8. The van der Waals surface area contributed by atoms with E-state index in [1.54, 1.807) is 0 Å². The summed E-state index contributed by atoms with van der Waals surface area (Å²) in [5, 5.41) is 17.6. The van der Waals surface area contributed by atoms with Crippen molar-refractivity contribution in [2.75, 3.05) is 5.73 Å². The van der Waals surface area contributed by atoms with E-state index in [0.717, 1.165) is 24.3 Å². The van der Waals surface area contributed by atoms with Gasteiger partial charge in [-0.3, -0.25) is 4.55 Å². The SMILES string of the molecule is Nc1ccc(C(=O)O)c2c(C(=O)O)ccc(S(=O)(=O)O)c12. The lowest BCUT2D eigenvalue weighted by Crippen LogP contribution is -2.09. The van der Waals surface area contributed by atoms with Crippen molar-refractivity contribution in [1.29, 1.82) is 0 Å². The summed E-state index contributed by atoms with van der Waals surface area (Å²) in [5.41, 5.74) is 4.61. The van der Waals surface area contributed by atoms with E-state index in [2.05, 4.69) is 0 Å². The fraction of sp³-hybridized carbons (Fsp3) is 0. The molecule has 0 spiro atoms. The molecule has 0 saturated carbocycles. The molecule has 0 unspecified atom stereocenters. The molecule has 21 heavy (non-hydrogen) atoms. The van der Waals surface area contributed by atoms with Gasteiger partial charge in [0.1, 0.15) is 4.90 Å². The van der Waals surface area contributed by atoms with Crippen LogP contribution < -0.4 is 5.73 Å². The molecule has 110 valence electrons. The van der Waals surface area contributed by atoms with Crippen molar-refractivity contribution < 1.29 is 32.8 Å². The lowest BCUT2D eigenvalue weighted by atomic mass is 9.98. The molecule has 0 aliphatic rings. The number of carboxylic acid groups (broad SMARTS) is 2. The minimum absolute atomic E-state index is 0.161. The molecule has 9 heteroatoms. The predicted molar refractivity (Wildman–Crippen MR) is 72.1 cm³/mol. The smallest absolute Gasteiger partial charge is 0.336 e. The van der Waals surface area contributed by atoms with Crippen LogP contribution in [0.3, 0.4) is 0 Å². The number of anilines is 1. The minimum Gasteiger partial charge on any atom is -0.478 e. The average molecular weight is 311 g/mol. The van der Waals surface area contributed by atoms with E-state index < -0.39 is 38.1 Å². The van der Waals surface area contributed by atoms with Crippen LogP contribution in [0, 0.1) is 0 Å². The Morgan fingerprint density at radius 1 is 0.905 bits per heavy atom. The first-order chi connectivity index (χ1) is 9.64. The van der Waals surface area contributed by atoms with E-state index in [1.165, 1.54) is 0 Å². The fourth-order valence-electron chi connectivity index (χ4n) is 2.06. The van der Waals surface area contributed by atoms with Gasteiger partial charge in [-0.15, -0.1) is 0 Å². The van der Waals surface area contributed by atoms with Gasteiger partial charge in [0.05, 0.1) is 11.1 Å². The van der Waals surface area contributed by atoms with E-state index in [0.29, 0.717) is 0 Å².